The van der Waals surface area contributed by atoms with Gasteiger partial charge in [0.05, 0.1) is 0 Å². The Balaban J connectivity index is 4.31. The lowest BCUT2D eigenvalue weighted by molar-refractivity contribution is -0.167. The predicted octanol–water partition coefficient (Wildman–Crippen LogP) is 24.7. The lowest BCUT2D eigenvalue weighted by atomic mass is 10.0. The third kappa shape index (κ3) is 67.8. The summed E-state index contributed by atoms with van der Waals surface area (Å²) in [7, 11) is 0. The first kappa shape index (κ1) is 78.1. The molecule has 6 nitrogen and oxygen atoms in total. The van der Waals surface area contributed by atoms with Crippen LogP contribution in [0.15, 0.2) is 60.8 Å². The number of unbranched alkanes of at least 4 members (excludes halogenated alkanes) is 45. The van der Waals surface area contributed by atoms with E-state index in [4.69, 9.17) is 14.2 Å². The molecular weight excluding hydrogens is 997 g/mol. The molecule has 0 saturated carbocycles. The Labute approximate surface area is 504 Å². The van der Waals surface area contributed by atoms with Crippen LogP contribution in [0.3, 0.4) is 0 Å². The minimum absolute atomic E-state index is 0.0730. The Morgan fingerprint density at radius 1 is 0.259 bits per heavy atom. The van der Waals surface area contributed by atoms with Crippen LogP contribution in [0.4, 0.5) is 0 Å². The second-order valence-electron chi connectivity index (χ2n) is 24.1. The van der Waals surface area contributed by atoms with Crippen LogP contribution in [0.25, 0.3) is 0 Å². The minimum Gasteiger partial charge on any atom is -0.462 e. The molecule has 0 aromatic carbocycles. The molecule has 0 heterocycles. The number of esters is 3. The van der Waals surface area contributed by atoms with Crippen LogP contribution in [-0.2, 0) is 28.6 Å². The Bertz CT molecular complexity index is 1440. The van der Waals surface area contributed by atoms with Gasteiger partial charge in [0.15, 0.2) is 6.10 Å². The topological polar surface area (TPSA) is 78.9 Å². The molecule has 1 unspecified atom stereocenters. The molecule has 0 bridgehead atoms. The van der Waals surface area contributed by atoms with Crippen LogP contribution < -0.4 is 0 Å². The zero-order chi connectivity index (χ0) is 58.5. The smallest absolute Gasteiger partial charge is 0.306 e. The first-order valence-corrected chi connectivity index (χ1v) is 35.8. The minimum atomic E-state index is -0.779. The van der Waals surface area contributed by atoms with Gasteiger partial charge in [0, 0.05) is 19.3 Å². The van der Waals surface area contributed by atoms with E-state index in [9.17, 15) is 14.4 Å². The highest BCUT2D eigenvalue weighted by molar-refractivity contribution is 5.71. The van der Waals surface area contributed by atoms with E-state index in [-0.39, 0.29) is 31.1 Å². The van der Waals surface area contributed by atoms with Crippen LogP contribution in [0, 0.1) is 0 Å². The largest absolute Gasteiger partial charge is 0.462 e. The van der Waals surface area contributed by atoms with Gasteiger partial charge in [-0.05, 0) is 83.5 Å². The molecule has 472 valence electrons. The molecule has 0 rings (SSSR count). The summed E-state index contributed by atoms with van der Waals surface area (Å²) in [6.45, 7) is 6.59. The second-order valence-corrected chi connectivity index (χ2v) is 24.1. The molecule has 0 N–H and O–H groups in total. The van der Waals surface area contributed by atoms with Crippen LogP contribution in [0.1, 0.15) is 380 Å². The summed E-state index contributed by atoms with van der Waals surface area (Å²) in [4.78, 5) is 38.5. The number of rotatable bonds is 66. The number of hydrogen-bond acceptors (Lipinski definition) is 6. The van der Waals surface area contributed by atoms with Gasteiger partial charge in [0.2, 0.25) is 0 Å². The SMILES string of the molecule is CC/C=C\C/C=C\C/C=C\C/C=C\CCCCCCCCCCC(=O)OC(COC(=O)CCCCCCCCCCCCCCC/C=C\CCCCCCCCCC)COC(=O)CCCCCCCCCCCCCCCCCCC. The molecular formula is C75H136O6. The quantitative estimate of drug-likeness (QED) is 0.0261. The highest BCUT2D eigenvalue weighted by atomic mass is 16.6. The van der Waals surface area contributed by atoms with Crippen molar-refractivity contribution in [3.8, 4) is 0 Å². The molecule has 0 aromatic heterocycles. The van der Waals surface area contributed by atoms with Crippen molar-refractivity contribution in [2.24, 2.45) is 0 Å². The number of ether oxygens (including phenoxy) is 3. The van der Waals surface area contributed by atoms with Crippen molar-refractivity contribution in [1.29, 1.82) is 0 Å². The van der Waals surface area contributed by atoms with Gasteiger partial charge >= 0.3 is 17.9 Å². The molecule has 81 heavy (non-hydrogen) atoms. The van der Waals surface area contributed by atoms with E-state index in [1.54, 1.807) is 0 Å². The van der Waals surface area contributed by atoms with E-state index >= 15 is 0 Å². The molecule has 0 spiro atoms. The van der Waals surface area contributed by atoms with Gasteiger partial charge in [0.1, 0.15) is 13.2 Å². The first-order valence-electron chi connectivity index (χ1n) is 35.8. The highest BCUT2D eigenvalue weighted by Crippen LogP contribution is 2.18. The zero-order valence-corrected chi connectivity index (χ0v) is 54.3. The third-order valence-electron chi connectivity index (χ3n) is 16.0. The molecule has 6 heteroatoms. The Morgan fingerprint density at radius 3 is 0.765 bits per heavy atom. The molecule has 1 atom stereocenters. The van der Waals surface area contributed by atoms with Crippen molar-refractivity contribution in [2.75, 3.05) is 13.2 Å². The van der Waals surface area contributed by atoms with Gasteiger partial charge in [-0.1, -0.05) is 338 Å². The van der Waals surface area contributed by atoms with E-state index in [1.807, 2.05) is 0 Å². The molecule has 0 radical (unpaired) electrons. The summed E-state index contributed by atoms with van der Waals surface area (Å²) in [6, 6.07) is 0. The maximum Gasteiger partial charge on any atom is 0.306 e. The van der Waals surface area contributed by atoms with Crippen LogP contribution in [0.5, 0.6) is 0 Å². The Morgan fingerprint density at radius 2 is 0.481 bits per heavy atom. The lowest BCUT2D eigenvalue weighted by Crippen LogP contribution is -2.30. The molecule has 0 aliphatic heterocycles. The van der Waals surface area contributed by atoms with Crippen molar-refractivity contribution in [2.45, 2.75) is 386 Å². The van der Waals surface area contributed by atoms with Gasteiger partial charge in [-0.15, -0.1) is 0 Å². The van der Waals surface area contributed by atoms with E-state index in [1.165, 1.54) is 250 Å². The van der Waals surface area contributed by atoms with Gasteiger partial charge < -0.3 is 14.2 Å². The van der Waals surface area contributed by atoms with E-state index in [0.29, 0.717) is 19.3 Å². The van der Waals surface area contributed by atoms with Crippen molar-refractivity contribution in [3.05, 3.63) is 60.8 Å². The third-order valence-corrected chi connectivity index (χ3v) is 16.0. The van der Waals surface area contributed by atoms with Gasteiger partial charge in [0.25, 0.3) is 0 Å². The van der Waals surface area contributed by atoms with Gasteiger partial charge in [-0.25, -0.2) is 0 Å². The zero-order valence-electron chi connectivity index (χ0n) is 54.3. The molecule has 0 amide bonds. The molecule has 0 saturated heterocycles. The van der Waals surface area contributed by atoms with Crippen LogP contribution in [-0.4, -0.2) is 37.2 Å². The van der Waals surface area contributed by atoms with Crippen molar-refractivity contribution < 1.29 is 28.6 Å². The fourth-order valence-electron chi connectivity index (χ4n) is 10.7. The van der Waals surface area contributed by atoms with Crippen molar-refractivity contribution in [3.63, 3.8) is 0 Å². The number of hydrogen-bond donors (Lipinski definition) is 0. The van der Waals surface area contributed by atoms with E-state index < -0.39 is 6.10 Å². The average molecular weight is 1130 g/mol. The maximum atomic E-state index is 13.0. The number of carbonyl (C=O) groups excluding carboxylic acids is 3. The van der Waals surface area contributed by atoms with Crippen LogP contribution in [0.2, 0.25) is 0 Å². The molecule has 0 aromatic rings. The summed E-state index contributed by atoms with van der Waals surface area (Å²) in [5.74, 6) is -0.855. The maximum absolute atomic E-state index is 13.0. The summed E-state index contributed by atoms with van der Waals surface area (Å²) >= 11 is 0. The normalized spacial score (nSPS) is 12.4. The second kappa shape index (κ2) is 69.6. The molecule has 0 aliphatic carbocycles. The summed E-state index contributed by atoms with van der Waals surface area (Å²) in [6.07, 6.45) is 89.6. The average Bonchev–Trinajstić information content (AvgIpc) is 3.47. The monoisotopic (exact) mass is 1130 g/mol. The highest BCUT2D eigenvalue weighted by Gasteiger charge is 2.19. The van der Waals surface area contributed by atoms with E-state index in [2.05, 4.69) is 81.5 Å². The summed E-state index contributed by atoms with van der Waals surface area (Å²) in [5.41, 5.74) is 0. The number of carbonyl (C=O) groups is 3. The summed E-state index contributed by atoms with van der Waals surface area (Å²) < 4.78 is 17.0. The summed E-state index contributed by atoms with van der Waals surface area (Å²) in [5, 5.41) is 0. The first-order chi connectivity index (χ1) is 40.0. The predicted molar refractivity (Wildman–Crippen MR) is 353 cm³/mol. The Hall–Kier alpha value is -2.89. The Kier molecular flexibility index (Phi) is 67.1. The number of allylic oxidation sites excluding steroid dienone is 10. The van der Waals surface area contributed by atoms with Gasteiger partial charge in [-0.2, -0.15) is 0 Å². The molecule has 0 fully saturated rings. The lowest BCUT2D eigenvalue weighted by Gasteiger charge is -2.18. The van der Waals surface area contributed by atoms with Crippen molar-refractivity contribution in [1.82, 2.24) is 0 Å². The fourth-order valence-corrected chi connectivity index (χ4v) is 10.7. The fraction of sp³-hybridized carbons (Fsp3) is 0.827. The van der Waals surface area contributed by atoms with E-state index in [0.717, 1.165) is 89.9 Å². The molecule has 0 aliphatic rings. The van der Waals surface area contributed by atoms with Crippen LogP contribution >= 0.6 is 0 Å². The van der Waals surface area contributed by atoms with Crippen molar-refractivity contribution >= 4 is 17.9 Å². The standard InChI is InChI=1S/C75H136O6/c1-4-7-10-13-16-19-22-25-28-31-33-35-36-37-38-40-41-44-47-50-53-56-59-62-65-68-74(77)80-71-72(70-79-73(76)67-64-61-58-55-52-49-46-43-30-27-24-21-18-15-12-9-6-3)81-75(78)69-66-63-60-57-54-51-48-45-42-39-34-32-29-26-23-20-17-14-11-8-5-2/h8,11,17,20,26,29,31,33-34,39,72H,4-7,9-10,12-16,18-19,21-25,27-28,30,32,35-38,40-71H2,1-3H3/b11-8-,20-17-,29-26-,33-31-,39-34-. The van der Waals surface area contributed by atoms with Gasteiger partial charge in [-0.3, -0.25) is 14.4 Å².